The van der Waals surface area contributed by atoms with E-state index in [2.05, 4.69) is 0 Å². The van der Waals surface area contributed by atoms with Gasteiger partial charge in [0.1, 0.15) is 11.5 Å². The third-order valence-electron chi connectivity index (χ3n) is 5.06. The molecule has 6 nitrogen and oxygen atoms in total. The van der Waals surface area contributed by atoms with Crippen LogP contribution in [0.5, 0.6) is 5.75 Å². The maximum absolute atomic E-state index is 12.9. The molecule has 0 radical (unpaired) electrons. The van der Waals surface area contributed by atoms with E-state index in [0.717, 1.165) is 11.1 Å². The summed E-state index contributed by atoms with van der Waals surface area (Å²) in [6.07, 6.45) is 0.0246. The molecular weight excluding hydrogens is 382 g/mol. The Balaban J connectivity index is 2.10. The van der Waals surface area contributed by atoms with E-state index >= 15 is 0 Å². The van der Waals surface area contributed by atoms with E-state index in [0.29, 0.717) is 11.3 Å². The summed E-state index contributed by atoms with van der Waals surface area (Å²) < 4.78 is 10.8. The highest BCUT2D eigenvalue weighted by molar-refractivity contribution is 6.46. The van der Waals surface area contributed by atoms with Gasteiger partial charge in [0, 0.05) is 19.2 Å². The molecule has 6 heteroatoms. The number of benzene rings is 2. The number of methoxy groups -OCH3 is 1. The highest BCUT2D eigenvalue weighted by Gasteiger charge is 2.46. The van der Waals surface area contributed by atoms with Crippen LogP contribution < -0.4 is 4.74 Å². The second kappa shape index (κ2) is 9.13. The van der Waals surface area contributed by atoms with Crippen molar-refractivity contribution in [2.45, 2.75) is 32.9 Å². The van der Waals surface area contributed by atoms with Crippen molar-refractivity contribution in [2.75, 3.05) is 20.3 Å². The van der Waals surface area contributed by atoms with Crippen LogP contribution in [0.1, 0.15) is 36.6 Å². The molecule has 2 aromatic carbocycles. The fourth-order valence-electron chi connectivity index (χ4n) is 3.64. The molecule has 158 valence electrons. The van der Waals surface area contributed by atoms with Crippen LogP contribution in [0.3, 0.4) is 0 Å². The van der Waals surface area contributed by atoms with Crippen LogP contribution in [0.4, 0.5) is 0 Å². The SMILES string of the molecule is COCCN1C(=O)C(=O)/C(=C(\O)c2ccc(OC(C)C)cc2)C1c1ccccc1C. The summed E-state index contributed by atoms with van der Waals surface area (Å²) in [6.45, 7) is 6.31. The van der Waals surface area contributed by atoms with Crippen molar-refractivity contribution in [3.05, 3.63) is 70.8 Å². The predicted molar refractivity (Wildman–Crippen MR) is 114 cm³/mol. The van der Waals surface area contributed by atoms with Gasteiger partial charge in [0.2, 0.25) is 0 Å². The van der Waals surface area contributed by atoms with Crippen molar-refractivity contribution >= 4 is 17.4 Å². The Morgan fingerprint density at radius 3 is 2.37 bits per heavy atom. The Labute approximate surface area is 176 Å². The normalized spacial score (nSPS) is 18.3. The Kier molecular flexibility index (Phi) is 6.57. The van der Waals surface area contributed by atoms with E-state index in [-0.39, 0.29) is 30.6 Å². The summed E-state index contributed by atoms with van der Waals surface area (Å²) in [6, 6.07) is 13.7. The molecule has 1 aliphatic heterocycles. The molecular formula is C24H27NO5. The van der Waals surface area contributed by atoms with Crippen molar-refractivity contribution in [1.82, 2.24) is 4.90 Å². The summed E-state index contributed by atoms with van der Waals surface area (Å²) >= 11 is 0. The first-order valence-corrected chi connectivity index (χ1v) is 9.95. The Bertz CT molecular complexity index is 962. The van der Waals surface area contributed by atoms with Crippen molar-refractivity contribution < 1.29 is 24.2 Å². The fraction of sp³-hybridized carbons (Fsp3) is 0.333. The minimum atomic E-state index is -0.695. The monoisotopic (exact) mass is 409 g/mol. The van der Waals surface area contributed by atoms with Crippen molar-refractivity contribution in [2.24, 2.45) is 0 Å². The van der Waals surface area contributed by atoms with Gasteiger partial charge in [-0.15, -0.1) is 0 Å². The number of amides is 1. The van der Waals surface area contributed by atoms with Gasteiger partial charge in [-0.2, -0.15) is 0 Å². The number of aliphatic hydroxyl groups is 1. The van der Waals surface area contributed by atoms with Crippen LogP contribution in [-0.4, -0.2) is 48.1 Å². The van der Waals surface area contributed by atoms with Gasteiger partial charge in [-0.3, -0.25) is 9.59 Å². The van der Waals surface area contributed by atoms with Gasteiger partial charge >= 0.3 is 0 Å². The van der Waals surface area contributed by atoms with Gasteiger partial charge in [-0.05, 0) is 56.2 Å². The molecule has 1 aliphatic rings. The first-order valence-electron chi connectivity index (χ1n) is 9.95. The number of carbonyl (C=O) groups is 2. The topological polar surface area (TPSA) is 76.1 Å². The average molecular weight is 409 g/mol. The molecule has 3 rings (SSSR count). The second-order valence-corrected chi connectivity index (χ2v) is 7.53. The summed E-state index contributed by atoms with van der Waals surface area (Å²) in [5.41, 5.74) is 2.27. The Hall–Kier alpha value is -3.12. The highest BCUT2D eigenvalue weighted by atomic mass is 16.5. The van der Waals surface area contributed by atoms with Gasteiger partial charge in [0.05, 0.1) is 24.3 Å². The smallest absolute Gasteiger partial charge is 0.295 e. The average Bonchev–Trinajstić information content (AvgIpc) is 2.96. The fourth-order valence-corrected chi connectivity index (χ4v) is 3.64. The van der Waals surface area contributed by atoms with Crippen LogP contribution in [0.25, 0.3) is 5.76 Å². The van der Waals surface area contributed by atoms with E-state index in [4.69, 9.17) is 9.47 Å². The van der Waals surface area contributed by atoms with Gasteiger partial charge in [0.25, 0.3) is 11.7 Å². The quantitative estimate of drug-likeness (QED) is 0.427. The second-order valence-electron chi connectivity index (χ2n) is 7.53. The van der Waals surface area contributed by atoms with E-state index in [1.807, 2.05) is 45.0 Å². The number of ether oxygens (including phenoxy) is 2. The van der Waals surface area contributed by atoms with E-state index < -0.39 is 17.7 Å². The maximum Gasteiger partial charge on any atom is 0.295 e. The summed E-state index contributed by atoms with van der Waals surface area (Å²) in [5, 5.41) is 11.1. The zero-order chi connectivity index (χ0) is 21.8. The van der Waals surface area contributed by atoms with E-state index in [9.17, 15) is 14.7 Å². The number of aryl methyl sites for hydroxylation is 1. The van der Waals surface area contributed by atoms with Crippen LogP contribution in [0.2, 0.25) is 0 Å². The molecule has 1 atom stereocenters. The number of ketones is 1. The van der Waals surface area contributed by atoms with Crippen molar-refractivity contribution in [1.29, 1.82) is 0 Å². The molecule has 0 aromatic heterocycles. The van der Waals surface area contributed by atoms with Gasteiger partial charge < -0.3 is 19.5 Å². The molecule has 30 heavy (non-hydrogen) atoms. The highest BCUT2D eigenvalue weighted by Crippen LogP contribution is 2.40. The number of rotatable bonds is 7. The number of Topliss-reactive ketones (excluding diaryl/α,β-unsaturated/α-hetero) is 1. The third-order valence-corrected chi connectivity index (χ3v) is 5.06. The lowest BCUT2D eigenvalue weighted by Gasteiger charge is -2.26. The van der Waals surface area contributed by atoms with Crippen LogP contribution in [-0.2, 0) is 14.3 Å². The minimum absolute atomic E-state index is 0.0246. The zero-order valence-electron chi connectivity index (χ0n) is 17.7. The summed E-state index contributed by atoms with van der Waals surface area (Å²) in [4.78, 5) is 27.2. The van der Waals surface area contributed by atoms with Crippen molar-refractivity contribution in [3.63, 3.8) is 0 Å². The molecule has 1 amide bonds. The molecule has 1 heterocycles. The molecule has 0 spiro atoms. The molecule has 0 aliphatic carbocycles. The van der Waals surface area contributed by atoms with Gasteiger partial charge in [0.15, 0.2) is 0 Å². The minimum Gasteiger partial charge on any atom is -0.507 e. The lowest BCUT2D eigenvalue weighted by molar-refractivity contribution is -0.140. The van der Waals surface area contributed by atoms with Crippen LogP contribution in [0.15, 0.2) is 54.1 Å². The number of carbonyl (C=O) groups excluding carboxylic acids is 2. The molecule has 1 saturated heterocycles. The predicted octanol–water partition coefficient (Wildman–Crippen LogP) is 3.85. The van der Waals surface area contributed by atoms with E-state index in [1.165, 1.54) is 4.90 Å². The lowest BCUT2D eigenvalue weighted by Crippen LogP contribution is -2.32. The molecule has 0 bridgehead atoms. The molecule has 0 saturated carbocycles. The maximum atomic E-state index is 12.9. The number of aliphatic hydroxyl groups excluding tert-OH is 1. The van der Waals surface area contributed by atoms with Gasteiger partial charge in [-0.25, -0.2) is 0 Å². The number of nitrogens with zero attached hydrogens (tertiary/aromatic N) is 1. The number of hydrogen-bond donors (Lipinski definition) is 1. The number of likely N-dealkylation sites (tertiary alicyclic amines) is 1. The molecule has 1 unspecified atom stereocenters. The molecule has 2 aromatic rings. The molecule has 1 fully saturated rings. The Morgan fingerprint density at radius 1 is 1.10 bits per heavy atom. The lowest BCUT2D eigenvalue weighted by atomic mass is 9.92. The van der Waals surface area contributed by atoms with Crippen LogP contribution >= 0.6 is 0 Å². The van der Waals surface area contributed by atoms with Crippen molar-refractivity contribution in [3.8, 4) is 5.75 Å². The van der Waals surface area contributed by atoms with Gasteiger partial charge in [-0.1, -0.05) is 24.3 Å². The molecule has 1 N–H and O–H groups in total. The number of hydrogen-bond acceptors (Lipinski definition) is 5. The van der Waals surface area contributed by atoms with E-state index in [1.54, 1.807) is 31.4 Å². The largest absolute Gasteiger partial charge is 0.507 e. The Morgan fingerprint density at radius 2 is 1.77 bits per heavy atom. The summed E-state index contributed by atoms with van der Waals surface area (Å²) in [5.74, 6) is -0.865. The van der Waals surface area contributed by atoms with Crippen LogP contribution in [0, 0.1) is 6.92 Å². The zero-order valence-corrected chi connectivity index (χ0v) is 17.7. The summed E-state index contributed by atoms with van der Waals surface area (Å²) in [7, 11) is 1.54. The first-order chi connectivity index (χ1) is 14.3. The standard InChI is InChI=1S/C24H27NO5/c1-15(2)30-18-11-9-17(10-12-18)22(26)20-21(19-8-6-5-7-16(19)3)25(13-14-29-4)24(28)23(20)27/h5-12,15,21,26H,13-14H2,1-4H3/b22-20-. The first kappa shape index (κ1) is 21.6. The third kappa shape index (κ3) is 4.24.